The SMILES string of the molecule is C.C=C1OCC(COCCC(C)(C)C)O1.CC.CC(C)(C)CCCOC(=O)OCCCC(C)(C)C.CC(C)(C)CC[Si]1(C)O[Si](C)(CCC(C)(C)C)O[Si](C)(CCC(C)(C)C)O1.CCCCC(C)(C)C.CCCCCC(C)(C)C.COC(=O)OCCCC(C)(C)C.COCCCC(C)(C)C. The Bertz CT molecular complexity index is 1820. The van der Waals surface area contributed by atoms with Crippen molar-refractivity contribution in [3.63, 3.8) is 0 Å². The van der Waals surface area contributed by atoms with Crippen molar-refractivity contribution in [2.75, 3.05) is 60.5 Å². The normalized spacial score (nSPS) is 18.8. The minimum absolute atomic E-state index is 0. The minimum atomic E-state index is -2.21. The molecule has 1 unspecified atom stereocenters. The lowest BCUT2D eigenvalue weighted by atomic mass is 9.90. The molecule has 2 aliphatic heterocycles. The Labute approximate surface area is 630 Å². The zero-order chi connectivity index (χ0) is 79.1. The molecular formula is C84H182O13Si3. The Kier molecular flexibility index (Phi) is 61.2. The topological polar surface area (TPSA) is 136 Å². The van der Waals surface area contributed by atoms with Crippen LogP contribution in [0.5, 0.6) is 0 Å². The van der Waals surface area contributed by atoms with Crippen LogP contribution in [0.3, 0.4) is 0 Å². The third-order valence-electron chi connectivity index (χ3n) is 15.4. The molecule has 1 atom stereocenters. The van der Waals surface area contributed by atoms with Gasteiger partial charge in [0.05, 0.1) is 33.5 Å². The first-order valence-corrected chi connectivity index (χ1v) is 46.7. The highest BCUT2D eigenvalue weighted by atomic mass is 28.5. The Balaban J connectivity index is -0.000000210. The van der Waals surface area contributed by atoms with Gasteiger partial charge in [0.15, 0.2) is 6.10 Å². The van der Waals surface area contributed by atoms with Crippen LogP contribution in [0.1, 0.15) is 365 Å². The first-order valence-electron chi connectivity index (χ1n) is 39.1. The van der Waals surface area contributed by atoms with Gasteiger partial charge in [-0.1, -0.05) is 275 Å². The van der Waals surface area contributed by atoms with Gasteiger partial charge in [0.1, 0.15) is 6.61 Å². The van der Waals surface area contributed by atoms with Gasteiger partial charge in [-0.05, 0) is 188 Å². The summed E-state index contributed by atoms with van der Waals surface area (Å²) in [5.74, 6) is 0.412. The van der Waals surface area contributed by atoms with Crippen molar-refractivity contribution in [2.45, 2.75) is 409 Å². The summed E-state index contributed by atoms with van der Waals surface area (Å²) in [7, 11) is -3.57. The molecule has 0 amide bonds. The van der Waals surface area contributed by atoms with Crippen molar-refractivity contribution < 1.29 is 59.8 Å². The van der Waals surface area contributed by atoms with Gasteiger partial charge in [-0.25, -0.2) is 9.59 Å². The van der Waals surface area contributed by atoms with Gasteiger partial charge in [-0.2, -0.15) is 0 Å². The highest BCUT2D eigenvalue weighted by molar-refractivity contribution is 6.93. The van der Waals surface area contributed by atoms with Crippen molar-refractivity contribution in [1.29, 1.82) is 0 Å². The lowest BCUT2D eigenvalue weighted by molar-refractivity contribution is 0.0319. The number of carbonyl (C=O) groups is 2. The maximum Gasteiger partial charge on any atom is 0.508 e. The van der Waals surface area contributed by atoms with Crippen LogP contribution in [0.25, 0.3) is 0 Å². The molecule has 2 aliphatic rings. The molecule has 0 aromatic heterocycles. The second-order valence-corrected chi connectivity index (χ2v) is 51.0. The molecule has 100 heavy (non-hydrogen) atoms. The molecule has 2 saturated heterocycles. The monoisotopic (exact) mass is 1480 g/mol. The van der Waals surface area contributed by atoms with Gasteiger partial charge >= 0.3 is 38.0 Å². The summed E-state index contributed by atoms with van der Waals surface area (Å²) < 4.78 is 60.4. The standard InChI is InChI=1S/C21H48O3Si3.C15H30O3.C11H20O3.C9H18O3.C9H20.C8H18O.C8H18.C2H6.CH4/c1-19(2,3)13-16-25(10)22-26(11,17-14-20(4,5)6)24-27(12,23-25)18-15-21(7,8)9;1-14(2,3)9-7-11-17-13(16)18-12-8-10-15(4,5)6;1-9-13-8-10(14-9)7-12-6-5-11(2,3)4;1-9(2,3)6-5-7-12-8(10)11-4;1-5-6-7-8-9(2,3)4;1-8(2,3)6-5-7-9-4;1-5-6-7-8(2,3)4;1-2;/h13-18H2,1-12H3;7-12H2,1-6H3;10H,1,5-8H2,2-4H3;5-7H2,1-4H3;5-8H2,1-4H3;5-7H2,1-4H3;5-7H2,1-4H3;1-2H3;1H4. The number of carbonyl (C=O) groups excluding carboxylic acids is 2. The van der Waals surface area contributed by atoms with Crippen LogP contribution in [-0.4, -0.2) is 105 Å². The third kappa shape index (κ3) is 92.4. The molecule has 0 bridgehead atoms. The summed E-state index contributed by atoms with van der Waals surface area (Å²) in [6.07, 6.45) is 21.3. The Morgan fingerprint density at radius 3 is 0.900 bits per heavy atom. The van der Waals surface area contributed by atoms with E-state index in [2.05, 4.69) is 253 Å². The largest absolute Gasteiger partial charge is 0.508 e. The highest BCUT2D eigenvalue weighted by Crippen LogP contribution is 2.42. The molecule has 0 radical (unpaired) electrons. The zero-order valence-electron chi connectivity index (χ0n) is 74.1. The maximum atomic E-state index is 11.2. The molecule has 0 aliphatic carbocycles. The number of hydrogen-bond acceptors (Lipinski definition) is 13. The molecule has 0 aromatic rings. The van der Waals surface area contributed by atoms with Crippen molar-refractivity contribution >= 4 is 38.0 Å². The van der Waals surface area contributed by atoms with Gasteiger partial charge in [0.2, 0.25) is 0 Å². The molecule has 2 fully saturated rings. The van der Waals surface area contributed by atoms with E-state index in [-0.39, 0.29) is 13.5 Å². The molecule has 2 rings (SSSR count). The van der Waals surface area contributed by atoms with E-state index < -0.39 is 38.0 Å². The van der Waals surface area contributed by atoms with Gasteiger partial charge in [0.25, 0.3) is 5.95 Å². The molecular weight excluding hydrogens is 1300 g/mol. The smallest absolute Gasteiger partial charge is 0.462 e. The molecule has 13 nitrogen and oxygen atoms in total. The lowest BCUT2D eigenvalue weighted by Crippen LogP contribution is -2.67. The van der Waals surface area contributed by atoms with Crippen LogP contribution in [-0.2, 0) is 50.2 Å². The summed E-state index contributed by atoms with van der Waals surface area (Å²) in [6.45, 7) is 90.7. The Morgan fingerprint density at radius 1 is 0.390 bits per heavy atom. The van der Waals surface area contributed by atoms with Gasteiger partial charge < -0.3 is 50.2 Å². The molecule has 0 aromatic carbocycles. The van der Waals surface area contributed by atoms with Crippen LogP contribution in [0.4, 0.5) is 9.59 Å². The molecule has 0 spiro atoms. The molecule has 0 N–H and O–H groups in total. The summed E-state index contributed by atoms with van der Waals surface area (Å²) in [6, 6.07) is 3.24. The molecule has 608 valence electrons. The van der Waals surface area contributed by atoms with Gasteiger partial charge in [-0.15, -0.1) is 0 Å². The van der Waals surface area contributed by atoms with Crippen LogP contribution >= 0.6 is 0 Å². The number of hydrogen-bond donors (Lipinski definition) is 0. The minimum Gasteiger partial charge on any atom is -0.462 e. The number of unbranched alkanes of at least 4 members (excludes halogenated alkanes) is 3. The first-order chi connectivity index (χ1) is 44.5. The van der Waals surface area contributed by atoms with Crippen LogP contribution in [0.2, 0.25) is 37.8 Å². The van der Waals surface area contributed by atoms with E-state index in [1.165, 1.54) is 64.9 Å². The van der Waals surface area contributed by atoms with Gasteiger partial charge in [-0.3, -0.25) is 0 Å². The quantitative estimate of drug-likeness (QED) is 0.0439. The third-order valence-corrected chi connectivity index (χ3v) is 29.3. The van der Waals surface area contributed by atoms with E-state index in [0.29, 0.717) is 93.1 Å². The van der Waals surface area contributed by atoms with Crippen LogP contribution < -0.4 is 0 Å². The summed E-state index contributed by atoms with van der Waals surface area (Å²) >= 11 is 0. The maximum absolute atomic E-state index is 11.2. The number of ether oxygens (including phenoxy) is 8. The summed E-state index contributed by atoms with van der Waals surface area (Å²) in [5.41, 5.74) is 3.73. The van der Waals surface area contributed by atoms with E-state index in [4.69, 9.17) is 45.5 Å². The Morgan fingerprint density at radius 2 is 0.660 bits per heavy atom. The zero-order valence-corrected chi connectivity index (χ0v) is 77.1. The number of rotatable bonds is 27. The number of methoxy groups -OCH3 is 2. The van der Waals surface area contributed by atoms with Crippen molar-refractivity contribution in [2.24, 2.45) is 54.1 Å². The van der Waals surface area contributed by atoms with E-state index in [9.17, 15) is 9.59 Å². The second kappa shape index (κ2) is 54.8. The summed E-state index contributed by atoms with van der Waals surface area (Å²) in [5, 5.41) is 0. The molecule has 2 heterocycles. The van der Waals surface area contributed by atoms with E-state index in [0.717, 1.165) is 95.6 Å². The van der Waals surface area contributed by atoms with Crippen molar-refractivity contribution in [3.05, 3.63) is 12.5 Å². The van der Waals surface area contributed by atoms with E-state index >= 15 is 0 Å². The van der Waals surface area contributed by atoms with Crippen molar-refractivity contribution in [1.82, 2.24) is 0 Å². The predicted octanol–water partition coefficient (Wildman–Crippen LogP) is 28.2. The van der Waals surface area contributed by atoms with Crippen LogP contribution in [0.15, 0.2) is 12.5 Å². The fourth-order valence-corrected chi connectivity index (χ4v) is 28.0. The summed E-state index contributed by atoms with van der Waals surface area (Å²) in [4.78, 5) is 21.7. The van der Waals surface area contributed by atoms with Crippen molar-refractivity contribution in [3.8, 4) is 0 Å². The Hall–Kier alpha value is -1.67. The van der Waals surface area contributed by atoms with E-state index in [1.54, 1.807) is 7.11 Å². The van der Waals surface area contributed by atoms with Gasteiger partial charge in [0, 0.05) is 20.3 Å². The average Bonchev–Trinajstić information content (AvgIpc) is 0.778. The average molecular weight is 1480 g/mol. The fourth-order valence-electron chi connectivity index (χ4n) is 9.39. The molecule has 16 heteroatoms. The highest BCUT2D eigenvalue weighted by Gasteiger charge is 2.56. The predicted molar refractivity (Wildman–Crippen MR) is 443 cm³/mol. The first kappa shape index (κ1) is 112. The lowest BCUT2D eigenvalue weighted by Gasteiger charge is -2.51. The second-order valence-electron chi connectivity index (χ2n) is 40.3. The van der Waals surface area contributed by atoms with Crippen LogP contribution in [0, 0.1) is 54.1 Å². The van der Waals surface area contributed by atoms with E-state index in [1.807, 2.05) is 13.8 Å². The molecule has 0 saturated carbocycles. The fraction of sp³-hybridized carbons (Fsp3) is 0.952.